The Morgan fingerprint density at radius 2 is 2.00 bits per heavy atom. The highest BCUT2D eigenvalue weighted by Crippen LogP contribution is 2.20. The summed E-state index contributed by atoms with van der Waals surface area (Å²) in [4.78, 5) is 12.2. The summed E-state index contributed by atoms with van der Waals surface area (Å²) < 4.78 is 13.8. The maximum Gasteiger partial charge on any atom is 0.269 e. The van der Waals surface area contributed by atoms with Crippen molar-refractivity contribution in [2.45, 2.75) is 26.7 Å². The summed E-state index contributed by atoms with van der Waals surface area (Å²) in [7, 11) is 0. The van der Waals surface area contributed by atoms with Gasteiger partial charge in [0.1, 0.15) is 11.5 Å². The van der Waals surface area contributed by atoms with Gasteiger partial charge in [-0.2, -0.15) is 10.2 Å². The van der Waals surface area contributed by atoms with Crippen molar-refractivity contribution in [3.8, 4) is 11.3 Å². The third kappa shape index (κ3) is 3.76. The molecule has 0 fully saturated rings. The molecule has 0 saturated heterocycles. The number of rotatable bonds is 6. The Balaban J connectivity index is 1.55. The number of nitrogens with zero attached hydrogens (tertiary/aromatic N) is 2. The van der Waals surface area contributed by atoms with Crippen LogP contribution in [0.1, 0.15) is 33.9 Å². The van der Waals surface area contributed by atoms with Crippen LogP contribution in [0.4, 0.5) is 4.39 Å². The van der Waals surface area contributed by atoms with E-state index in [1.807, 2.05) is 13.8 Å². The Morgan fingerprint density at radius 3 is 2.72 bits per heavy atom. The SMILES string of the molecule is Cc1n[nH]c(C)c1CCCNC(=O)c1cc(-c2ccccc2F)n[nH]1. The number of aromatic amines is 2. The number of H-pyrrole nitrogens is 2. The summed E-state index contributed by atoms with van der Waals surface area (Å²) in [6.45, 7) is 4.49. The van der Waals surface area contributed by atoms with Gasteiger partial charge in [0.05, 0.1) is 11.4 Å². The molecular formula is C18H20FN5O. The number of amides is 1. The second-order valence-electron chi connectivity index (χ2n) is 5.92. The number of benzene rings is 1. The lowest BCUT2D eigenvalue weighted by molar-refractivity contribution is 0.0948. The van der Waals surface area contributed by atoms with E-state index in [9.17, 15) is 9.18 Å². The lowest BCUT2D eigenvalue weighted by Gasteiger charge is -2.04. The lowest BCUT2D eigenvalue weighted by atomic mass is 10.1. The maximum absolute atomic E-state index is 13.8. The number of aromatic nitrogens is 4. The summed E-state index contributed by atoms with van der Waals surface area (Å²) >= 11 is 0. The zero-order valence-electron chi connectivity index (χ0n) is 14.2. The molecule has 2 heterocycles. The first-order chi connectivity index (χ1) is 12.1. The average Bonchev–Trinajstić information content (AvgIpc) is 3.20. The van der Waals surface area contributed by atoms with Gasteiger partial charge in [-0.25, -0.2) is 4.39 Å². The third-order valence-corrected chi connectivity index (χ3v) is 4.14. The minimum absolute atomic E-state index is 0.254. The fraction of sp³-hybridized carbons (Fsp3) is 0.278. The molecule has 3 rings (SSSR count). The molecule has 1 amide bonds. The summed E-state index contributed by atoms with van der Waals surface area (Å²) in [5.74, 6) is -0.623. The Labute approximate surface area is 144 Å². The largest absolute Gasteiger partial charge is 0.351 e. The summed E-state index contributed by atoms with van der Waals surface area (Å²) in [6, 6.07) is 7.89. The summed E-state index contributed by atoms with van der Waals surface area (Å²) in [5.41, 5.74) is 4.34. The molecule has 3 N–H and O–H groups in total. The predicted octanol–water partition coefficient (Wildman–Crippen LogP) is 2.92. The first kappa shape index (κ1) is 16.9. The van der Waals surface area contributed by atoms with E-state index >= 15 is 0 Å². The van der Waals surface area contributed by atoms with Gasteiger partial charge in [0, 0.05) is 17.8 Å². The quantitative estimate of drug-likeness (QED) is 0.603. The molecule has 0 spiro atoms. The molecule has 0 saturated carbocycles. The summed E-state index contributed by atoms with van der Waals surface area (Å²) in [5, 5.41) is 16.6. The van der Waals surface area contributed by atoms with E-state index in [0.29, 0.717) is 23.5 Å². The van der Waals surface area contributed by atoms with Gasteiger partial charge in [-0.3, -0.25) is 15.0 Å². The van der Waals surface area contributed by atoms with Crippen LogP contribution in [0.2, 0.25) is 0 Å². The minimum atomic E-state index is -0.369. The fourth-order valence-electron chi connectivity index (χ4n) is 2.75. The Hall–Kier alpha value is -2.96. The maximum atomic E-state index is 13.8. The fourth-order valence-corrected chi connectivity index (χ4v) is 2.75. The predicted molar refractivity (Wildman–Crippen MR) is 92.7 cm³/mol. The van der Waals surface area contributed by atoms with Gasteiger partial charge in [-0.15, -0.1) is 0 Å². The molecule has 0 aliphatic carbocycles. The number of aryl methyl sites for hydroxylation is 2. The number of halogens is 1. The second kappa shape index (κ2) is 7.29. The molecule has 7 heteroatoms. The molecule has 0 unspecified atom stereocenters. The zero-order valence-corrected chi connectivity index (χ0v) is 14.2. The van der Waals surface area contributed by atoms with Gasteiger partial charge in [0.2, 0.25) is 0 Å². The molecule has 25 heavy (non-hydrogen) atoms. The molecule has 6 nitrogen and oxygen atoms in total. The van der Waals surface area contributed by atoms with Gasteiger partial charge in [0.15, 0.2) is 0 Å². The van der Waals surface area contributed by atoms with Crippen LogP contribution in [0.3, 0.4) is 0 Å². The Kier molecular flexibility index (Phi) is 4.92. The first-order valence-electron chi connectivity index (χ1n) is 8.15. The molecule has 130 valence electrons. The van der Waals surface area contributed by atoms with Crippen molar-refractivity contribution >= 4 is 5.91 Å². The van der Waals surface area contributed by atoms with Crippen molar-refractivity contribution in [3.63, 3.8) is 0 Å². The van der Waals surface area contributed by atoms with Crippen molar-refractivity contribution in [1.82, 2.24) is 25.7 Å². The number of nitrogens with one attached hydrogen (secondary N) is 3. The molecular weight excluding hydrogens is 321 g/mol. The smallest absolute Gasteiger partial charge is 0.269 e. The van der Waals surface area contributed by atoms with Gasteiger partial charge in [0.25, 0.3) is 5.91 Å². The lowest BCUT2D eigenvalue weighted by Crippen LogP contribution is -2.25. The molecule has 3 aromatic rings. The highest BCUT2D eigenvalue weighted by molar-refractivity contribution is 5.93. The van der Waals surface area contributed by atoms with E-state index in [4.69, 9.17) is 0 Å². The molecule has 0 aliphatic rings. The first-order valence-corrected chi connectivity index (χ1v) is 8.15. The Bertz CT molecular complexity index is 864. The van der Waals surface area contributed by atoms with Crippen LogP contribution < -0.4 is 5.32 Å². The van der Waals surface area contributed by atoms with Crippen LogP contribution >= 0.6 is 0 Å². The van der Waals surface area contributed by atoms with Crippen molar-refractivity contribution < 1.29 is 9.18 Å². The molecule has 0 atom stereocenters. The van der Waals surface area contributed by atoms with Crippen molar-refractivity contribution in [3.05, 3.63) is 58.8 Å². The van der Waals surface area contributed by atoms with Crippen LogP contribution in [0.5, 0.6) is 0 Å². The van der Waals surface area contributed by atoms with E-state index in [-0.39, 0.29) is 11.7 Å². The highest BCUT2D eigenvalue weighted by Gasteiger charge is 2.13. The second-order valence-corrected chi connectivity index (χ2v) is 5.92. The third-order valence-electron chi connectivity index (χ3n) is 4.14. The van der Waals surface area contributed by atoms with E-state index in [2.05, 4.69) is 25.7 Å². The van der Waals surface area contributed by atoms with Gasteiger partial charge < -0.3 is 5.32 Å². The number of carbonyl (C=O) groups is 1. The standard InChI is InChI=1S/C18H20FN5O/c1-11-13(12(2)22-21-11)7-5-9-20-18(25)17-10-16(23-24-17)14-6-3-4-8-15(14)19/h3-4,6,8,10H,5,7,9H2,1-2H3,(H,20,25)(H,21,22)(H,23,24). The van der Waals surface area contributed by atoms with Crippen molar-refractivity contribution in [1.29, 1.82) is 0 Å². The highest BCUT2D eigenvalue weighted by atomic mass is 19.1. The zero-order chi connectivity index (χ0) is 17.8. The van der Waals surface area contributed by atoms with Crippen molar-refractivity contribution in [2.75, 3.05) is 6.54 Å². The van der Waals surface area contributed by atoms with Crippen LogP contribution in [0.15, 0.2) is 30.3 Å². The Morgan fingerprint density at radius 1 is 1.20 bits per heavy atom. The number of carbonyl (C=O) groups excluding carboxylic acids is 1. The average molecular weight is 341 g/mol. The molecule has 0 bridgehead atoms. The van der Waals surface area contributed by atoms with Gasteiger partial charge in [-0.1, -0.05) is 12.1 Å². The molecule has 1 aromatic carbocycles. The number of hydrogen-bond donors (Lipinski definition) is 3. The van der Waals surface area contributed by atoms with Gasteiger partial charge in [-0.05, 0) is 50.5 Å². The van der Waals surface area contributed by atoms with Crippen LogP contribution in [0, 0.1) is 19.7 Å². The van der Waals surface area contributed by atoms with Crippen LogP contribution in [-0.2, 0) is 6.42 Å². The van der Waals surface area contributed by atoms with Crippen LogP contribution in [0.25, 0.3) is 11.3 Å². The number of hydrogen-bond acceptors (Lipinski definition) is 3. The normalized spacial score (nSPS) is 10.8. The minimum Gasteiger partial charge on any atom is -0.351 e. The van der Waals surface area contributed by atoms with E-state index in [0.717, 1.165) is 24.2 Å². The molecule has 2 aromatic heterocycles. The van der Waals surface area contributed by atoms with E-state index < -0.39 is 0 Å². The monoisotopic (exact) mass is 341 g/mol. The van der Waals surface area contributed by atoms with Crippen molar-refractivity contribution in [2.24, 2.45) is 0 Å². The molecule has 0 aliphatic heterocycles. The summed E-state index contributed by atoms with van der Waals surface area (Å²) in [6.07, 6.45) is 1.65. The molecule has 0 radical (unpaired) electrons. The van der Waals surface area contributed by atoms with Gasteiger partial charge >= 0.3 is 0 Å². The topological polar surface area (TPSA) is 86.5 Å². The van der Waals surface area contributed by atoms with E-state index in [1.165, 1.54) is 11.6 Å². The van der Waals surface area contributed by atoms with Crippen LogP contribution in [-0.4, -0.2) is 32.8 Å². The van der Waals surface area contributed by atoms with E-state index in [1.54, 1.807) is 24.3 Å².